The molecular formula is C12H18Cl2N4O2. The lowest BCUT2D eigenvalue weighted by molar-refractivity contribution is 0.215. The van der Waals surface area contributed by atoms with Crippen LogP contribution in [0.25, 0.3) is 0 Å². The first-order chi connectivity index (χ1) is 9.56. The van der Waals surface area contributed by atoms with Crippen molar-refractivity contribution >= 4 is 35.1 Å². The molecule has 2 amide bonds. The highest BCUT2D eigenvalue weighted by Gasteiger charge is 2.08. The molecule has 0 radical (unpaired) electrons. The van der Waals surface area contributed by atoms with Crippen molar-refractivity contribution in [3.05, 3.63) is 22.3 Å². The minimum absolute atomic E-state index is 0.0769. The molecule has 0 bridgehead atoms. The molecule has 1 aromatic heterocycles. The molecule has 1 atom stereocenters. The van der Waals surface area contributed by atoms with Crippen molar-refractivity contribution in [2.75, 3.05) is 25.0 Å². The number of nitrogens with one attached hydrogen (secondary N) is 3. The zero-order valence-corrected chi connectivity index (χ0v) is 12.6. The van der Waals surface area contributed by atoms with Gasteiger partial charge in [-0.25, -0.2) is 9.78 Å². The van der Waals surface area contributed by atoms with Gasteiger partial charge in [0.05, 0.1) is 22.7 Å². The Balaban J connectivity index is 2.26. The normalized spacial score (nSPS) is 11.8. The minimum Gasteiger partial charge on any atom is -0.394 e. The number of pyridine rings is 1. The summed E-state index contributed by atoms with van der Waals surface area (Å²) < 4.78 is 0. The van der Waals surface area contributed by atoms with Gasteiger partial charge in [-0.3, -0.25) is 0 Å². The number of aliphatic hydroxyl groups is 1. The second-order valence-corrected chi connectivity index (χ2v) is 4.94. The first-order valence-corrected chi connectivity index (χ1v) is 7.02. The van der Waals surface area contributed by atoms with Gasteiger partial charge in [0.2, 0.25) is 0 Å². The molecule has 1 rings (SSSR count). The van der Waals surface area contributed by atoms with E-state index < -0.39 is 0 Å². The molecule has 0 fully saturated rings. The van der Waals surface area contributed by atoms with Gasteiger partial charge in [-0.05, 0) is 12.5 Å². The predicted octanol–water partition coefficient (Wildman–Crippen LogP) is 1.87. The number of amides is 2. The van der Waals surface area contributed by atoms with E-state index in [2.05, 4.69) is 20.9 Å². The van der Waals surface area contributed by atoms with E-state index in [9.17, 15) is 4.79 Å². The van der Waals surface area contributed by atoms with Crippen LogP contribution >= 0.6 is 23.2 Å². The van der Waals surface area contributed by atoms with Crippen LogP contribution in [-0.2, 0) is 0 Å². The Bertz CT molecular complexity index is 441. The number of anilines is 1. The average Bonchev–Trinajstić information content (AvgIpc) is 2.42. The molecule has 4 N–H and O–H groups in total. The molecule has 1 aromatic rings. The van der Waals surface area contributed by atoms with Crippen LogP contribution in [0, 0.1) is 0 Å². The zero-order valence-electron chi connectivity index (χ0n) is 11.1. The number of aromatic nitrogens is 1. The van der Waals surface area contributed by atoms with Crippen LogP contribution in [0.5, 0.6) is 0 Å². The van der Waals surface area contributed by atoms with Gasteiger partial charge in [0.1, 0.15) is 5.82 Å². The Morgan fingerprint density at radius 3 is 2.80 bits per heavy atom. The number of nitrogens with zero attached hydrogens (tertiary/aromatic N) is 1. The fourth-order valence-corrected chi connectivity index (χ4v) is 1.86. The highest BCUT2D eigenvalue weighted by Crippen LogP contribution is 2.21. The monoisotopic (exact) mass is 320 g/mol. The number of urea groups is 1. The van der Waals surface area contributed by atoms with E-state index in [0.29, 0.717) is 35.4 Å². The average molecular weight is 321 g/mol. The summed E-state index contributed by atoms with van der Waals surface area (Å²) in [5, 5.41) is 18.1. The fourth-order valence-electron chi connectivity index (χ4n) is 1.41. The lowest BCUT2D eigenvalue weighted by Crippen LogP contribution is -2.44. The SMILES string of the molecule is CCC(CO)NC(=O)NCCNc1ncc(Cl)cc1Cl. The summed E-state index contributed by atoms with van der Waals surface area (Å²) in [7, 11) is 0. The second kappa shape index (κ2) is 8.84. The van der Waals surface area contributed by atoms with Gasteiger partial charge >= 0.3 is 6.03 Å². The number of halogens is 2. The summed E-state index contributed by atoms with van der Waals surface area (Å²) >= 11 is 11.7. The highest BCUT2D eigenvalue weighted by molar-refractivity contribution is 6.35. The lowest BCUT2D eigenvalue weighted by Gasteiger charge is -2.15. The Kier molecular flexibility index (Phi) is 7.43. The molecule has 1 heterocycles. The molecule has 6 nitrogen and oxygen atoms in total. The Morgan fingerprint density at radius 2 is 2.20 bits per heavy atom. The van der Waals surface area contributed by atoms with E-state index in [-0.39, 0.29) is 18.7 Å². The molecule has 112 valence electrons. The molecule has 0 saturated heterocycles. The van der Waals surface area contributed by atoms with Crippen molar-refractivity contribution in [3.63, 3.8) is 0 Å². The van der Waals surface area contributed by atoms with E-state index in [1.54, 1.807) is 6.07 Å². The smallest absolute Gasteiger partial charge is 0.315 e. The summed E-state index contributed by atoms with van der Waals surface area (Å²) in [4.78, 5) is 15.5. The molecule has 0 spiro atoms. The van der Waals surface area contributed by atoms with Crippen LogP contribution in [0.3, 0.4) is 0 Å². The van der Waals surface area contributed by atoms with Crippen LogP contribution in [-0.4, -0.2) is 41.9 Å². The van der Waals surface area contributed by atoms with Gasteiger partial charge in [0, 0.05) is 19.3 Å². The largest absolute Gasteiger partial charge is 0.394 e. The van der Waals surface area contributed by atoms with Gasteiger partial charge in [0.15, 0.2) is 0 Å². The van der Waals surface area contributed by atoms with Crippen LogP contribution in [0.1, 0.15) is 13.3 Å². The maximum atomic E-state index is 11.5. The maximum absolute atomic E-state index is 11.5. The van der Waals surface area contributed by atoms with Crippen LogP contribution in [0.15, 0.2) is 12.3 Å². The Morgan fingerprint density at radius 1 is 1.45 bits per heavy atom. The van der Waals surface area contributed by atoms with Crippen molar-refractivity contribution in [1.29, 1.82) is 0 Å². The molecule has 1 unspecified atom stereocenters. The standard InChI is InChI=1S/C12H18Cl2N4O2/c1-2-9(7-19)18-12(20)16-4-3-15-11-10(14)5-8(13)6-17-11/h5-6,9,19H,2-4,7H2,1H3,(H,15,17)(H2,16,18,20). The zero-order chi connectivity index (χ0) is 15.0. The van der Waals surface area contributed by atoms with Crippen molar-refractivity contribution in [2.24, 2.45) is 0 Å². The highest BCUT2D eigenvalue weighted by atomic mass is 35.5. The van der Waals surface area contributed by atoms with Crippen LogP contribution in [0.4, 0.5) is 10.6 Å². The van der Waals surface area contributed by atoms with Crippen molar-refractivity contribution in [3.8, 4) is 0 Å². The molecule has 20 heavy (non-hydrogen) atoms. The van der Waals surface area contributed by atoms with Crippen molar-refractivity contribution in [2.45, 2.75) is 19.4 Å². The summed E-state index contributed by atoms with van der Waals surface area (Å²) in [6.07, 6.45) is 2.16. The Hall–Kier alpha value is -1.24. The number of aliphatic hydroxyl groups excluding tert-OH is 1. The van der Waals surface area contributed by atoms with E-state index >= 15 is 0 Å². The topological polar surface area (TPSA) is 86.3 Å². The molecule has 8 heteroatoms. The minimum atomic E-state index is -0.317. The third-order valence-corrected chi connectivity index (χ3v) is 3.05. The van der Waals surface area contributed by atoms with Gasteiger partial charge in [0.25, 0.3) is 0 Å². The first kappa shape index (κ1) is 16.8. The fraction of sp³-hybridized carbons (Fsp3) is 0.500. The molecule has 0 aliphatic rings. The maximum Gasteiger partial charge on any atom is 0.315 e. The van der Waals surface area contributed by atoms with Gasteiger partial charge in [-0.2, -0.15) is 0 Å². The summed E-state index contributed by atoms with van der Waals surface area (Å²) in [6, 6.07) is 1.05. The van der Waals surface area contributed by atoms with E-state index in [0.717, 1.165) is 0 Å². The number of carbonyl (C=O) groups is 1. The van der Waals surface area contributed by atoms with Gasteiger partial charge < -0.3 is 21.1 Å². The Labute approximate surface area is 127 Å². The summed E-state index contributed by atoms with van der Waals surface area (Å²) in [6.45, 7) is 2.68. The third kappa shape index (κ3) is 5.81. The summed E-state index contributed by atoms with van der Waals surface area (Å²) in [5.41, 5.74) is 0. The third-order valence-electron chi connectivity index (χ3n) is 2.56. The number of hydrogen-bond acceptors (Lipinski definition) is 4. The van der Waals surface area contributed by atoms with Crippen LogP contribution in [0.2, 0.25) is 10.0 Å². The quantitative estimate of drug-likeness (QED) is 0.578. The number of carbonyl (C=O) groups excluding carboxylic acids is 1. The predicted molar refractivity (Wildman–Crippen MR) is 80.4 cm³/mol. The van der Waals surface area contributed by atoms with Crippen molar-refractivity contribution < 1.29 is 9.90 Å². The first-order valence-electron chi connectivity index (χ1n) is 6.27. The molecular weight excluding hydrogens is 303 g/mol. The summed E-state index contributed by atoms with van der Waals surface area (Å²) in [5.74, 6) is 0.514. The van der Waals surface area contributed by atoms with Gasteiger partial charge in [-0.1, -0.05) is 30.1 Å². The lowest BCUT2D eigenvalue weighted by atomic mass is 10.2. The van der Waals surface area contributed by atoms with Crippen LogP contribution < -0.4 is 16.0 Å². The molecule has 0 aliphatic carbocycles. The van der Waals surface area contributed by atoms with E-state index in [1.165, 1.54) is 6.20 Å². The van der Waals surface area contributed by atoms with Gasteiger partial charge in [-0.15, -0.1) is 0 Å². The van der Waals surface area contributed by atoms with E-state index in [4.69, 9.17) is 28.3 Å². The second-order valence-electron chi connectivity index (χ2n) is 4.10. The van der Waals surface area contributed by atoms with E-state index in [1.807, 2.05) is 6.92 Å². The molecule has 0 saturated carbocycles. The van der Waals surface area contributed by atoms with Crippen molar-refractivity contribution in [1.82, 2.24) is 15.6 Å². The molecule has 0 aliphatic heterocycles. The number of rotatable bonds is 7. The molecule has 0 aromatic carbocycles. The number of hydrogen-bond donors (Lipinski definition) is 4.